The summed E-state index contributed by atoms with van der Waals surface area (Å²) in [6.07, 6.45) is 0.779. The van der Waals surface area contributed by atoms with Crippen LogP contribution in [-0.4, -0.2) is 52.3 Å². The standard InChI is InChI=1S/C11H17NO10S4/c1-8(5-6-24(2,14)15)25(16,17)12-10-7-9(26(18,19)20)3-4-11(10)23-22-21-13/h3-4,7-8,12-13H,5-6H2,1-2H3,(H,18,19,20). The fraction of sp³-hybridized carbons (Fsp3) is 0.455. The molecule has 1 aromatic carbocycles. The van der Waals surface area contributed by atoms with E-state index >= 15 is 0 Å². The summed E-state index contributed by atoms with van der Waals surface area (Å²) in [5, 5.41) is 10.5. The number of sulfone groups is 1. The molecule has 0 aliphatic heterocycles. The van der Waals surface area contributed by atoms with E-state index in [0.29, 0.717) is 12.0 Å². The quantitative estimate of drug-likeness (QED) is 0.200. The molecule has 1 unspecified atom stereocenters. The number of anilines is 1. The maximum atomic E-state index is 12.4. The van der Waals surface area contributed by atoms with Crippen molar-refractivity contribution in [2.24, 2.45) is 0 Å². The average molecular weight is 452 g/mol. The van der Waals surface area contributed by atoms with Crippen molar-refractivity contribution in [2.45, 2.75) is 28.4 Å². The van der Waals surface area contributed by atoms with Gasteiger partial charge >= 0.3 is 0 Å². The third-order valence-corrected chi connectivity index (χ3v) is 7.37. The van der Waals surface area contributed by atoms with Crippen LogP contribution >= 0.6 is 12.0 Å². The van der Waals surface area contributed by atoms with Gasteiger partial charge in [-0.05, 0) is 31.5 Å². The van der Waals surface area contributed by atoms with Crippen molar-refractivity contribution in [2.75, 3.05) is 16.7 Å². The Bertz CT molecular complexity index is 939. The molecule has 0 radical (unpaired) electrons. The molecule has 3 N–H and O–H groups in total. The lowest BCUT2D eigenvalue weighted by atomic mass is 10.3. The van der Waals surface area contributed by atoms with Gasteiger partial charge < -0.3 is 0 Å². The van der Waals surface area contributed by atoms with E-state index < -0.39 is 40.1 Å². The topological polar surface area (TPSA) is 173 Å². The van der Waals surface area contributed by atoms with Crippen LogP contribution in [0.25, 0.3) is 0 Å². The number of hydrogen-bond acceptors (Lipinski definition) is 10. The Hall–Kier alpha value is -0.940. The zero-order valence-corrected chi connectivity index (χ0v) is 16.8. The monoisotopic (exact) mass is 451 g/mol. The highest BCUT2D eigenvalue weighted by Crippen LogP contribution is 2.31. The fourth-order valence-electron chi connectivity index (χ4n) is 1.66. The van der Waals surface area contributed by atoms with Crippen molar-refractivity contribution in [3.05, 3.63) is 18.2 Å². The molecule has 0 aromatic heterocycles. The first kappa shape index (κ1) is 23.1. The van der Waals surface area contributed by atoms with Gasteiger partial charge in [-0.2, -0.15) is 8.42 Å². The van der Waals surface area contributed by atoms with Crippen LogP contribution in [0, 0.1) is 0 Å². The SMILES string of the molecule is CC(CCS(C)(=O)=O)S(=O)(=O)Nc1cc(S(=O)(=O)O)ccc1SOOO. The molecule has 11 nitrogen and oxygen atoms in total. The molecule has 0 bridgehead atoms. The van der Waals surface area contributed by atoms with Gasteiger partial charge in [0.05, 0.1) is 38.5 Å². The predicted molar refractivity (Wildman–Crippen MR) is 93.2 cm³/mol. The lowest BCUT2D eigenvalue weighted by Crippen LogP contribution is -2.27. The van der Waals surface area contributed by atoms with E-state index in [0.717, 1.165) is 24.5 Å². The molecule has 26 heavy (non-hydrogen) atoms. The Balaban J connectivity index is 3.17. The molecular formula is C11H17NO10S4. The van der Waals surface area contributed by atoms with Crippen LogP contribution in [0.5, 0.6) is 0 Å². The molecule has 0 spiro atoms. The second-order valence-corrected chi connectivity index (χ2v) is 11.8. The van der Waals surface area contributed by atoms with Crippen LogP contribution in [-0.2, 0) is 39.4 Å². The molecule has 1 atom stereocenters. The molecule has 1 aromatic rings. The Morgan fingerprint density at radius 3 is 2.31 bits per heavy atom. The van der Waals surface area contributed by atoms with Crippen molar-refractivity contribution >= 4 is 47.7 Å². The van der Waals surface area contributed by atoms with E-state index in [1.54, 1.807) is 0 Å². The summed E-state index contributed by atoms with van der Waals surface area (Å²) in [6.45, 7) is 1.28. The highest BCUT2D eigenvalue weighted by molar-refractivity contribution is 7.95. The van der Waals surface area contributed by atoms with Gasteiger partial charge in [-0.3, -0.25) is 9.27 Å². The molecule has 0 saturated heterocycles. The third-order valence-electron chi connectivity index (χ3n) is 3.08. The lowest BCUT2D eigenvalue weighted by Gasteiger charge is -2.16. The maximum absolute atomic E-state index is 12.4. The van der Waals surface area contributed by atoms with Gasteiger partial charge in [-0.1, -0.05) is 5.04 Å². The molecule has 0 fully saturated rings. The summed E-state index contributed by atoms with van der Waals surface area (Å²) in [4.78, 5) is -0.585. The largest absolute Gasteiger partial charge is 0.294 e. The summed E-state index contributed by atoms with van der Waals surface area (Å²) in [6, 6.07) is 2.91. The minimum atomic E-state index is -4.61. The molecule has 0 aliphatic rings. The molecular weight excluding hydrogens is 434 g/mol. The fourth-order valence-corrected chi connectivity index (χ4v) is 4.70. The van der Waals surface area contributed by atoms with Crippen LogP contribution in [0.3, 0.4) is 0 Å². The Kier molecular flexibility index (Phi) is 7.85. The number of rotatable bonds is 10. The first-order chi connectivity index (χ1) is 11.8. The van der Waals surface area contributed by atoms with Crippen molar-refractivity contribution in [1.82, 2.24) is 0 Å². The van der Waals surface area contributed by atoms with E-state index in [9.17, 15) is 25.3 Å². The van der Waals surface area contributed by atoms with Gasteiger partial charge in [-0.25, -0.2) is 22.1 Å². The molecule has 15 heteroatoms. The van der Waals surface area contributed by atoms with Crippen molar-refractivity contribution in [1.29, 1.82) is 0 Å². The molecule has 0 aliphatic carbocycles. The zero-order valence-electron chi connectivity index (χ0n) is 13.5. The van der Waals surface area contributed by atoms with E-state index in [2.05, 4.69) is 14.1 Å². The average Bonchev–Trinajstić information content (AvgIpc) is 2.49. The minimum absolute atomic E-state index is 0.00494. The summed E-state index contributed by atoms with van der Waals surface area (Å²) >= 11 is 0.365. The summed E-state index contributed by atoms with van der Waals surface area (Å²) in [5.74, 6) is -0.358. The molecule has 0 saturated carbocycles. The van der Waals surface area contributed by atoms with Crippen molar-refractivity contribution in [3.8, 4) is 0 Å². The smallest absolute Gasteiger partial charge is 0.282 e. The highest BCUT2D eigenvalue weighted by Gasteiger charge is 2.24. The lowest BCUT2D eigenvalue weighted by molar-refractivity contribution is -0.432. The number of nitrogens with one attached hydrogen (secondary N) is 1. The third kappa shape index (κ3) is 7.36. The van der Waals surface area contributed by atoms with Gasteiger partial charge in [-0.15, -0.1) is 4.33 Å². The number of sulfonamides is 1. The van der Waals surface area contributed by atoms with Gasteiger partial charge in [0.2, 0.25) is 10.0 Å². The van der Waals surface area contributed by atoms with Crippen LogP contribution in [0.15, 0.2) is 28.0 Å². The van der Waals surface area contributed by atoms with Crippen LogP contribution in [0.4, 0.5) is 5.69 Å². The second kappa shape index (κ2) is 8.83. The van der Waals surface area contributed by atoms with E-state index in [1.165, 1.54) is 6.92 Å². The van der Waals surface area contributed by atoms with Crippen LogP contribution in [0.1, 0.15) is 13.3 Å². The van der Waals surface area contributed by atoms with E-state index in [1.807, 2.05) is 0 Å². The minimum Gasteiger partial charge on any atom is -0.282 e. The second-order valence-electron chi connectivity index (χ2n) is 5.24. The zero-order chi connectivity index (χ0) is 20.2. The highest BCUT2D eigenvalue weighted by atomic mass is 32.2. The maximum Gasteiger partial charge on any atom is 0.294 e. The van der Waals surface area contributed by atoms with Crippen LogP contribution < -0.4 is 4.72 Å². The molecule has 150 valence electrons. The summed E-state index contributed by atoms with van der Waals surface area (Å²) < 4.78 is 84.9. The summed E-state index contributed by atoms with van der Waals surface area (Å²) in [5.41, 5.74) is -0.284. The Morgan fingerprint density at radius 1 is 1.19 bits per heavy atom. The summed E-state index contributed by atoms with van der Waals surface area (Å²) in [7, 11) is -12.1. The molecule has 1 rings (SSSR count). The Labute approximate surface area is 155 Å². The first-order valence-corrected chi connectivity index (χ1v) is 12.5. The van der Waals surface area contributed by atoms with Gasteiger partial charge in [0.25, 0.3) is 10.1 Å². The predicted octanol–water partition coefficient (Wildman–Crippen LogP) is 0.927. The van der Waals surface area contributed by atoms with Crippen molar-refractivity contribution in [3.63, 3.8) is 0 Å². The normalized spacial score (nSPS) is 14.2. The Morgan fingerprint density at radius 2 is 1.81 bits per heavy atom. The first-order valence-electron chi connectivity index (χ1n) is 6.72. The van der Waals surface area contributed by atoms with E-state index in [4.69, 9.17) is 9.81 Å². The van der Waals surface area contributed by atoms with Crippen molar-refractivity contribution < 1.29 is 44.4 Å². The van der Waals surface area contributed by atoms with Gasteiger partial charge in [0.15, 0.2) is 0 Å². The van der Waals surface area contributed by atoms with E-state index in [-0.39, 0.29) is 22.8 Å². The molecule has 0 amide bonds. The van der Waals surface area contributed by atoms with Gasteiger partial charge in [0, 0.05) is 6.26 Å². The number of hydrogen-bond donors (Lipinski definition) is 3. The molecule has 0 heterocycles. The number of benzene rings is 1. The van der Waals surface area contributed by atoms with Crippen LogP contribution in [0.2, 0.25) is 0 Å². The van der Waals surface area contributed by atoms with Gasteiger partial charge in [0.1, 0.15) is 9.84 Å².